The Morgan fingerprint density at radius 1 is 0.468 bits per heavy atom. The van der Waals surface area contributed by atoms with Gasteiger partial charge in [-0.3, -0.25) is 38.4 Å². The van der Waals surface area contributed by atoms with Crippen LogP contribution in [0.2, 0.25) is 0 Å². The van der Waals surface area contributed by atoms with E-state index in [1.54, 1.807) is 0 Å². The summed E-state index contributed by atoms with van der Waals surface area (Å²) >= 11 is 0. The van der Waals surface area contributed by atoms with Gasteiger partial charge in [0, 0.05) is 55.4 Å². The normalized spacial score (nSPS) is 30.0. The lowest BCUT2D eigenvalue weighted by Crippen LogP contribution is -2.70. The van der Waals surface area contributed by atoms with Crippen LogP contribution in [0.4, 0.5) is 0 Å². The number of amides is 2. The minimum Gasteiger partial charge on any atom is -0.463 e. The predicted molar refractivity (Wildman–Crippen MR) is 149 cm³/mol. The largest absolute Gasteiger partial charge is 0.463 e. The third-order valence-corrected chi connectivity index (χ3v) is 6.41. The molecule has 2 N–H and O–H groups in total. The monoisotopic (exact) mass is 676 g/mol. The van der Waals surface area contributed by atoms with Crippen LogP contribution in [-0.4, -0.2) is 122 Å². The Labute approximate surface area is 269 Å². The van der Waals surface area contributed by atoms with E-state index in [1.807, 2.05) is 0 Å². The fourth-order valence-corrected chi connectivity index (χ4v) is 4.95. The van der Waals surface area contributed by atoms with Crippen LogP contribution in [0.25, 0.3) is 0 Å². The summed E-state index contributed by atoms with van der Waals surface area (Å²) in [7, 11) is 0. The van der Waals surface area contributed by atoms with Gasteiger partial charge in [0.2, 0.25) is 18.1 Å². The van der Waals surface area contributed by atoms with Crippen molar-refractivity contribution in [2.75, 3.05) is 13.2 Å². The van der Waals surface area contributed by atoms with E-state index in [2.05, 4.69) is 10.6 Å². The van der Waals surface area contributed by atoms with Gasteiger partial charge in [-0.2, -0.15) is 0 Å². The quantitative estimate of drug-likeness (QED) is 0.173. The minimum atomic E-state index is -1.69. The first-order valence-corrected chi connectivity index (χ1v) is 14.4. The summed E-state index contributed by atoms with van der Waals surface area (Å²) in [5.41, 5.74) is 0. The summed E-state index contributed by atoms with van der Waals surface area (Å²) in [6.07, 6.45) is -12.1. The van der Waals surface area contributed by atoms with Crippen molar-refractivity contribution >= 4 is 47.6 Å². The lowest BCUT2D eigenvalue weighted by molar-refractivity contribution is -0.330. The molecule has 2 aliphatic rings. The molecule has 10 atom stereocenters. The third kappa shape index (κ3) is 12.1. The van der Waals surface area contributed by atoms with Crippen molar-refractivity contribution in [2.45, 2.75) is 117 Å². The minimum absolute atomic E-state index is 0.549. The van der Waals surface area contributed by atoms with Gasteiger partial charge in [-0.05, 0) is 0 Å². The zero-order valence-corrected chi connectivity index (χ0v) is 27.1. The SMILES string of the molecule is CC(=O)N[C@H]1[C@H](O[C@H]2[C@H](OC(C)=O)[C@@H](NC(C)=O)[C@@H](OC(C)=O)O[C@@H]2COC(C)=O)O[C@H](COC(C)=O)[C@@H](OC(C)=O)[C@@H]1OC(C)=O. The Morgan fingerprint density at radius 2 is 0.830 bits per heavy atom. The van der Waals surface area contributed by atoms with Crippen molar-refractivity contribution in [3.8, 4) is 0 Å². The number of hydrogen-bond donors (Lipinski definition) is 2. The molecule has 47 heavy (non-hydrogen) atoms. The standard InChI is InChI=1S/C28H40N2O17/c1-11(31)29-21-26(43-17(7)37)24(20(10-40-14(4)34)45-27(21)44-18(8)38)47-28-22(30-12(2)32)25(42-16(6)36)23(41-15(5)35)19(46-28)9-39-13(3)33/h19-28H,9-10H2,1-8H3,(H,29,31)(H,30,32)/t19-,20-,21-,22-,23-,24-,25-,26-,27+,28+/m1/s1. The van der Waals surface area contributed by atoms with E-state index in [1.165, 1.54) is 0 Å². The first-order chi connectivity index (χ1) is 21.9. The first-order valence-electron chi connectivity index (χ1n) is 14.4. The molecule has 0 bridgehead atoms. The second kappa shape index (κ2) is 17.5. The maximum Gasteiger partial charge on any atom is 0.305 e. The number of esters is 6. The van der Waals surface area contributed by atoms with Crippen molar-refractivity contribution in [1.29, 1.82) is 0 Å². The summed E-state index contributed by atoms with van der Waals surface area (Å²) in [6.45, 7) is 7.56. The number of nitrogens with one attached hydrogen (secondary N) is 2. The van der Waals surface area contributed by atoms with Crippen molar-refractivity contribution in [3.63, 3.8) is 0 Å². The van der Waals surface area contributed by atoms with Gasteiger partial charge < -0.3 is 53.3 Å². The lowest BCUT2D eigenvalue weighted by Gasteiger charge is -2.49. The molecule has 19 heteroatoms. The summed E-state index contributed by atoms with van der Waals surface area (Å²) in [6, 6.07) is -2.86. The van der Waals surface area contributed by atoms with Crippen molar-refractivity contribution in [3.05, 3.63) is 0 Å². The van der Waals surface area contributed by atoms with Crippen LogP contribution in [0.5, 0.6) is 0 Å². The molecule has 2 saturated heterocycles. The van der Waals surface area contributed by atoms with Gasteiger partial charge >= 0.3 is 35.8 Å². The number of rotatable bonds is 12. The van der Waals surface area contributed by atoms with E-state index in [9.17, 15) is 38.4 Å². The molecule has 19 nitrogen and oxygen atoms in total. The zero-order valence-electron chi connectivity index (χ0n) is 27.1. The highest BCUT2D eigenvalue weighted by Crippen LogP contribution is 2.33. The molecule has 0 aliphatic carbocycles. The maximum atomic E-state index is 12.4. The second-order valence-corrected chi connectivity index (χ2v) is 10.6. The van der Waals surface area contributed by atoms with E-state index in [0.717, 1.165) is 55.4 Å². The third-order valence-electron chi connectivity index (χ3n) is 6.41. The molecule has 2 heterocycles. The van der Waals surface area contributed by atoms with Crippen LogP contribution in [-0.2, 0) is 81.0 Å². The molecule has 2 amide bonds. The number of hydrogen-bond acceptors (Lipinski definition) is 17. The maximum absolute atomic E-state index is 12.4. The van der Waals surface area contributed by atoms with E-state index >= 15 is 0 Å². The molecular formula is C28H40N2O17. The Hall–Kier alpha value is -4.36. The summed E-state index contributed by atoms with van der Waals surface area (Å²) in [5.74, 6) is -6.25. The number of ether oxygens (including phenoxy) is 9. The fourth-order valence-electron chi connectivity index (χ4n) is 4.95. The highest BCUT2D eigenvalue weighted by Gasteiger charge is 2.56. The Kier molecular flexibility index (Phi) is 14.5. The van der Waals surface area contributed by atoms with Crippen LogP contribution in [0.1, 0.15) is 55.4 Å². The molecule has 2 fully saturated rings. The number of carbonyl (C=O) groups is 8. The van der Waals surface area contributed by atoms with Crippen molar-refractivity contribution in [1.82, 2.24) is 10.6 Å². The highest BCUT2D eigenvalue weighted by molar-refractivity contribution is 5.74. The van der Waals surface area contributed by atoms with E-state index in [-0.39, 0.29) is 0 Å². The molecule has 264 valence electrons. The molecule has 0 aromatic heterocycles. The van der Waals surface area contributed by atoms with Gasteiger partial charge in [0.05, 0.1) is 0 Å². The average molecular weight is 677 g/mol. The predicted octanol–water partition coefficient (Wildman–Crippen LogP) is -1.68. The average Bonchev–Trinajstić information content (AvgIpc) is 2.91. The van der Waals surface area contributed by atoms with Gasteiger partial charge in [0.25, 0.3) is 0 Å². The summed E-state index contributed by atoms with van der Waals surface area (Å²) in [4.78, 5) is 96.7. The Bertz CT molecular complexity index is 1210. The summed E-state index contributed by atoms with van der Waals surface area (Å²) < 4.78 is 50.1. The summed E-state index contributed by atoms with van der Waals surface area (Å²) in [5, 5.41) is 5.02. The molecule has 0 aromatic rings. The topological polar surface area (TPSA) is 244 Å². The van der Waals surface area contributed by atoms with Crippen LogP contribution >= 0.6 is 0 Å². The Morgan fingerprint density at radius 3 is 1.23 bits per heavy atom. The van der Waals surface area contributed by atoms with Gasteiger partial charge in [-0.1, -0.05) is 0 Å². The molecule has 2 rings (SSSR count). The molecule has 0 spiro atoms. The van der Waals surface area contributed by atoms with E-state index in [4.69, 9.17) is 42.6 Å². The first kappa shape index (κ1) is 38.8. The van der Waals surface area contributed by atoms with E-state index < -0.39 is 122 Å². The second-order valence-electron chi connectivity index (χ2n) is 10.6. The van der Waals surface area contributed by atoms with Crippen molar-refractivity contribution in [2.24, 2.45) is 0 Å². The molecule has 2 aliphatic heterocycles. The van der Waals surface area contributed by atoms with Gasteiger partial charge in [-0.25, -0.2) is 0 Å². The molecule has 0 saturated carbocycles. The Balaban J connectivity index is 2.73. The van der Waals surface area contributed by atoms with Gasteiger partial charge in [0.15, 0.2) is 24.6 Å². The van der Waals surface area contributed by atoms with Crippen LogP contribution in [0.3, 0.4) is 0 Å². The van der Waals surface area contributed by atoms with Crippen molar-refractivity contribution < 1.29 is 81.0 Å². The zero-order chi connectivity index (χ0) is 35.6. The highest BCUT2D eigenvalue weighted by atomic mass is 16.8. The smallest absolute Gasteiger partial charge is 0.305 e. The van der Waals surface area contributed by atoms with E-state index in [0.29, 0.717) is 0 Å². The van der Waals surface area contributed by atoms with Gasteiger partial charge in [0.1, 0.15) is 43.6 Å². The molecule has 0 unspecified atom stereocenters. The van der Waals surface area contributed by atoms with Crippen LogP contribution < -0.4 is 10.6 Å². The molecular weight excluding hydrogens is 636 g/mol. The molecule has 0 aromatic carbocycles. The van der Waals surface area contributed by atoms with Gasteiger partial charge in [-0.15, -0.1) is 0 Å². The van der Waals surface area contributed by atoms with Crippen LogP contribution in [0, 0.1) is 0 Å². The fraction of sp³-hybridized carbons (Fsp3) is 0.714. The lowest BCUT2D eigenvalue weighted by atomic mass is 9.94. The number of carbonyl (C=O) groups excluding carboxylic acids is 8. The van der Waals surface area contributed by atoms with Crippen LogP contribution in [0.15, 0.2) is 0 Å². The molecule has 0 radical (unpaired) electrons.